The second-order valence-electron chi connectivity index (χ2n) is 4.68. The molecule has 0 aliphatic rings. The number of methoxy groups -OCH3 is 1. The molecule has 0 aromatic heterocycles. The predicted molar refractivity (Wildman–Crippen MR) is 79.7 cm³/mol. The van der Waals surface area contributed by atoms with Crippen molar-refractivity contribution >= 4 is 5.91 Å². The van der Waals surface area contributed by atoms with Gasteiger partial charge in [0.1, 0.15) is 0 Å². The maximum absolute atomic E-state index is 12.2. The van der Waals surface area contributed by atoms with Crippen molar-refractivity contribution in [1.29, 1.82) is 0 Å². The summed E-state index contributed by atoms with van der Waals surface area (Å²) in [5.41, 5.74) is 1.85. The first kappa shape index (κ1) is 14.3. The van der Waals surface area contributed by atoms with E-state index in [0.717, 1.165) is 6.42 Å². The average Bonchev–Trinajstić information content (AvgIpc) is 2.49. The fraction of sp³-hybridized carbons (Fsp3) is 0.235. The number of rotatable bonds is 6. The monoisotopic (exact) mass is 269 g/mol. The molecule has 2 rings (SSSR count). The first-order valence-electron chi connectivity index (χ1n) is 6.68. The minimum absolute atomic E-state index is 0.0323. The smallest absolute Gasteiger partial charge is 0.251 e. The maximum Gasteiger partial charge on any atom is 0.251 e. The summed E-state index contributed by atoms with van der Waals surface area (Å²) in [7, 11) is 1.65. The average molecular weight is 269 g/mol. The lowest BCUT2D eigenvalue weighted by Crippen LogP contribution is -2.39. The number of ether oxygens (including phenoxy) is 1. The van der Waals surface area contributed by atoms with Crippen LogP contribution in [0.4, 0.5) is 0 Å². The van der Waals surface area contributed by atoms with Crippen LogP contribution in [0.3, 0.4) is 0 Å². The zero-order chi connectivity index (χ0) is 14.2. The Morgan fingerprint density at radius 1 is 1.05 bits per heavy atom. The summed E-state index contributed by atoms with van der Waals surface area (Å²) in [6.07, 6.45) is 0.757. The van der Waals surface area contributed by atoms with Crippen LogP contribution in [0.2, 0.25) is 0 Å². The van der Waals surface area contributed by atoms with Crippen LogP contribution in [0.15, 0.2) is 60.7 Å². The summed E-state index contributed by atoms with van der Waals surface area (Å²) >= 11 is 0. The molecule has 2 aromatic rings. The highest BCUT2D eigenvalue weighted by molar-refractivity contribution is 5.94. The third-order valence-corrected chi connectivity index (χ3v) is 3.06. The molecule has 1 amide bonds. The van der Waals surface area contributed by atoms with Crippen molar-refractivity contribution in [3.63, 3.8) is 0 Å². The molecule has 0 radical (unpaired) electrons. The predicted octanol–water partition coefficient (Wildman–Crippen LogP) is 2.67. The Morgan fingerprint density at radius 2 is 1.65 bits per heavy atom. The van der Waals surface area contributed by atoms with Crippen molar-refractivity contribution in [2.24, 2.45) is 0 Å². The molecule has 1 N–H and O–H groups in total. The maximum atomic E-state index is 12.2. The van der Waals surface area contributed by atoms with Crippen LogP contribution in [0.25, 0.3) is 0 Å². The van der Waals surface area contributed by atoms with E-state index in [0.29, 0.717) is 12.2 Å². The molecule has 0 bridgehead atoms. The largest absolute Gasteiger partial charge is 0.383 e. The van der Waals surface area contributed by atoms with E-state index in [1.54, 1.807) is 7.11 Å². The van der Waals surface area contributed by atoms with E-state index < -0.39 is 0 Å². The third-order valence-electron chi connectivity index (χ3n) is 3.06. The summed E-state index contributed by atoms with van der Waals surface area (Å²) in [6.45, 7) is 0.494. The fourth-order valence-corrected chi connectivity index (χ4v) is 2.11. The van der Waals surface area contributed by atoms with Crippen LogP contribution in [0.5, 0.6) is 0 Å². The van der Waals surface area contributed by atoms with Gasteiger partial charge < -0.3 is 10.1 Å². The molecule has 0 saturated carbocycles. The molecule has 20 heavy (non-hydrogen) atoms. The van der Waals surface area contributed by atoms with Crippen molar-refractivity contribution in [3.8, 4) is 0 Å². The van der Waals surface area contributed by atoms with Gasteiger partial charge in [-0.05, 0) is 24.1 Å². The molecule has 0 spiro atoms. The van der Waals surface area contributed by atoms with Gasteiger partial charge in [0.05, 0.1) is 12.6 Å². The fourth-order valence-electron chi connectivity index (χ4n) is 2.11. The first-order valence-corrected chi connectivity index (χ1v) is 6.68. The molecule has 104 valence electrons. The summed E-state index contributed by atoms with van der Waals surface area (Å²) in [5.74, 6) is -0.0661. The van der Waals surface area contributed by atoms with Gasteiger partial charge in [0.25, 0.3) is 5.91 Å². The quantitative estimate of drug-likeness (QED) is 0.875. The van der Waals surface area contributed by atoms with Gasteiger partial charge in [0.2, 0.25) is 0 Å². The Morgan fingerprint density at radius 3 is 2.25 bits per heavy atom. The van der Waals surface area contributed by atoms with Crippen molar-refractivity contribution in [2.75, 3.05) is 13.7 Å². The standard InChI is InChI=1S/C17H19NO2/c1-20-13-16(12-14-8-4-2-5-9-14)18-17(19)15-10-6-3-7-11-15/h2-11,16H,12-13H2,1H3,(H,18,19)/t16-/m0/s1. The molecule has 0 heterocycles. The molecule has 0 unspecified atom stereocenters. The molecule has 3 nitrogen and oxygen atoms in total. The number of carbonyl (C=O) groups excluding carboxylic acids is 1. The van der Waals surface area contributed by atoms with Gasteiger partial charge >= 0.3 is 0 Å². The topological polar surface area (TPSA) is 38.3 Å². The van der Waals surface area contributed by atoms with Crippen molar-refractivity contribution in [3.05, 3.63) is 71.8 Å². The lowest BCUT2D eigenvalue weighted by molar-refractivity contribution is 0.0897. The number of carbonyl (C=O) groups is 1. The van der Waals surface area contributed by atoms with E-state index in [4.69, 9.17) is 4.74 Å². The van der Waals surface area contributed by atoms with Crippen LogP contribution < -0.4 is 5.32 Å². The van der Waals surface area contributed by atoms with Crippen LogP contribution in [-0.4, -0.2) is 25.7 Å². The SMILES string of the molecule is COC[C@H](Cc1ccccc1)NC(=O)c1ccccc1. The Hall–Kier alpha value is -2.13. The van der Waals surface area contributed by atoms with Crippen LogP contribution in [0.1, 0.15) is 15.9 Å². The number of nitrogens with one attached hydrogen (secondary N) is 1. The molecule has 0 aliphatic heterocycles. The number of benzene rings is 2. The van der Waals surface area contributed by atoms with Crippen LogP contribution in [0, 0.1) is 0 Å². The van der Waals surface area contributed by atoms with E-state index >= 15 is 0 Å². The Bertz CT molecular complexity index is 525. The second-order valence-corrected chi connectivity index (χ2v) is 4.68. The normalized spacial score (nSPS) is 11.8. The third kappa shape index (κ3) is 4.21. The van der Waals surface area contributed by atoms with Gasteiger partial charge in [-0.1, -0.05) is 48.5 Å². The van der Waals surface area contributed by atoms with Gasteiger partial charge in [-0.2, -0.15) is 0 Å². The van der Waals surface area contributed by atoms with Crippen molar-refractivity contribution in [2.45, 2.75) is 12.5 Å². The molecule has 0 aliphatic carbocycles. The summed E-state index contributed by atoms with van der Waals surface area (Å²) in [4.78, 5) is 12.2. The molecular formula is C17H19NO2. The highest BCUT2D eigenvalue weighted by Gasteiger charge is 2.14. The molecule has 1 atom stereocenters. The Kier molecular flexibility index (Phi) is 5.33. The molecule has 3 heteroatoms. The van der Waals surface area contributed by atoms with Gasteiger partial charge in [-0.15, -0.1) is 0 Å². The minimum Gasteiger partial charge on any atom is -0.383 e. The number of hydrogen-bond donors (Lipinski definition) is 1. The Balaban J connectivity index is 2.00. The van der Waals surface area contributed by atoms with Crippen LogP contribution in [-0.2, 0) is 11.2 Å². The molecule has 0 fully saturated rings. The van der Waals surface area contributed by atoms with Crippen molar-refractivity contribution < 1.29 is 9.53 Å². The number of hydrogen-bond acceptors (Lipinski definition) is 2. The highest BCUT2D eigenvalue weighted by Crippen LogP contribution is 2.05. The van der Waals surface area contributed by atoms with Gasteiger partial charge in [-0.25, -0.2) is 0 Å². The lowest BCUT2D eigenvalue weighted by atomic mass is 10.1. The summed E-state index contributed by atoms with van der Waals surface area (Å²) in [5, 5.41) is 3.02. The summed E-state index contributed by atoms with van der Waals surface area (Å²) in [6, 6.07) is 19.3. The Labute approximate surface area is 119 Å². The van der Waals surface area contributed by atoms with Crippen molar-refractivity contribution in [1.82, 2.24) is 5.32 Å². The van der Waals surface area contributed by atoms with E-state index in [1.807, 2.05) is 48.5 Å². The first-order chi connectivity index (χ1) is 9.79. The van der Waals surface area contributed by atoms with Crippen LogP contribution >= 0.6 is 0 Å². The van der Waals surface area contributed by atoms with Gasteiger partial charge in [-0.3, -0.25) is 4.79 Å². The molecule has 2 aromatic carbocycles. The second kappa shape index (κ2) is 7.46. The zero-order valence-corrected chi connectivity index (χ0v) is 11.6. The van der Waals surface area contributed by atoms with E-state index in [2.05, 4.69) is 17.4 Å². The highest BCUT2D eigenvalue weighted by atomic mass is 16.5. The van der Waals surface area contributed by atoms with Gasteiger partial charge in [0.15, 0.2) is 0 Å². The zero-order valence-electron chi connectivity index (χ0n) is 11.6. The number of amides is 1. The lowest BCUT2D eigenvalue weighted by Gasteiger charge is -2.18. The molecule has 0 saturated heterocycles. The minimum atomic E-state index is -0.0661. The van der Waals surface area contributed by atoms with E-state index in [9.17, 15) is 4.79 Å². The summed E-state index contributed by atoms with van der Waals surface area (Å²) < 4.78 is 5.20. The molecular weight excluding hydrogens is 250 g/mol. The van der Waals surface area contributed by atoms with Gasteiger partial charge in [0, 0.05) is 12.7 Å². The van der Waals surface area contributed by atoms with E-state index in [1.165, 1.54) is 5.56 Å². The van der Waals surface area contributed by atoms with E-state index in [-0.39, 0.29) is 11.9 Å².